The molecule has 1 atom stereocenters. The highest BCUT2D eigenvalue weighted by Gasteiger charge is 2.27. The summed E-state index contributed by atoms with van der Waals surface area (Å²) in [6, 6.07) is 3.23. The van der Waals surface area contributed by atoms with Crippen LogP contribution in [0.3, 0.4) is 0 Å². The summed E-state index contributed by atoms with van der Waals surface area (Å²) in [6.45, 7) is 1.75. The summed E-state index contributed by atoms with van der Waals surface area (Å²) >= 11 is 12.3. The molecule has 0 radical (unpaired) electrons. The van der Waals surface area contributed by atoms with Gasteiger partial charge in [-0.1, -0.05) is 23.2 Å². The smallest absolute Gasteiger partial charge is 0.229 e. The van der Waals surface area contributed by atoms with Crippen molar-refractivity contribution in [2.45, 2.75) is 12.6 Å². The Morgan fingerprint density at radius 1 is 1.22 bits per heavy atom. The number of H-pyrrole nitrogens is 1. The molecule has 1 saturated heterocycles. The molecule has 5 heterocycles. The predicted molar refractivity (Wildman–Crippen MR) is 136 cm³/mol. The number of aryl methyl sites for hydroxylation is 1. The maximum atomic E-state index is 9.91. The average molecular weight is 529 g/mol. The molecule has 1 fully saturated rings. The van der Waals surface area contributed by atoms with Gasteiger partial charge in [-0.3, -0.25) is 9.25 Å². The zero-order valence-electron chi connectivity index (χ0n) is 19.2. The molecule has 0 spiro atoms. The fraction of sp³-hybridized carbons (Fsp3) is 0.318. The number of nitrogens with one attached hydrogen (secondary N) is 2. The van der Waals surface area contributed by atoms with Gasteiger partial charge in [-0.25, -0.2) is 9.97 Å². The van der Waals surface area contributed by atoms with Crippen molar-refractivity contribution >= 4 is 57.2 Å². The van der Waals surface area contributed by atoms with E-state index in [1.54, 1.807) is 29.3 Å². The Balaban J connectivity index is 1.40. The van der Waals surface area contributed by atoms with Gasteiger partial charge in [-0.05, 0) is 12.1 Å². The number of fused-ring (bicyclic) bond motifs is 2. The number of aliphatic hydroxyl groups is 1. The molecule has 1 aromatic carbocycles. The number of aromatic nitrogens is 8. The van der Waals surface area contributed by atoms with Crippen molar-refractivity contribution in [3.8, 4) is 5.69 Å². The van der Waals surface area contributed by atoms with Gasteiger partial charge in [0, 0.05) is 19.8 Å². The molecule has 0 amide bonds. The van der Waals surface area contributed by atoms with E-state index in [2.05, 4.69) is 25.4 Å². The summed E-state index contributed by atoms with van der Waals surface area (Å²) in [5, 5.41) is 18.4. The highest BCUT2D eigenvalue weighted by atomic mass is 35.5. The van der Waals surface area contributed by atoms with Gasteiger partial charge < -0.3 is 25.0 Å². The lowest BCUT2D eigenvalue weighted by Crippen LogP contribution is -2.48. The number of ether oxygens (including phenoxy) is 1. The summed E-state index contributed by atoms with van der Waals surface area (Å²) in [6.07, 6.45) is 5.32. The fourth-order valence-corrected chi connectivity index (χ4v) is 4.56. The van der Waals surface area contributed by atoms with Gasteiger partial charge in [0.15, 0.2) is 17.0 Å². The van der Waals surface area contributed by atoms with Gasteiger partial charge in [-0.15, -0.1) is 0 Å². The van der Waals surface area contributed by atoms with Crippen molar-refractivity contribution in [1.82, 2.24) is 39.3 Å². The summed E-state index contributed by atoms with van der Waals surface area (Å²) in [7, 11) is 1.85. The molecule has 1 aliphatic heterocycles. The molecule has 3 N–H and O–H groups in total. The minimum absolute atomic E-state index is 0.0733. The van der Waals surface area contributed by atoms with Crippen LogP contribution >= 0.6 is 23.2 Å². The third kappa shape index (κ3) is 4.11. The topological polar surface area (TPSA) is 135 Å². The lowest BCUT2D eigenvalue weighted by Gasteiger charge is -2.34. The molecule has 1 unspecified atom stereocenters. The largest absolute Gasteiger partial charge is 0.394 e. The van der Waals surface area contributed by atoms with Crippen LogP contribution in [-0.4, -0.2) is 76.8 Å². The number of halogens is 2. The monoisotopic (exact) mass is 528 g/mol. The Labute approximate surface area is 214 Å². The van der Waals surface area contributed by atoms with Crippen LogP contribution in [-0.2, 0) is 18.3 Å². The number of morpholine rings is 1. The molecule has 6 rings (SSSR count). The number of rotatable bonds is 6. The molecule has 0 aliphatic carbocycles. The van der Waals surface area contributed by atoms with E-state index in [-0.39, 0.29) is 12.6 Å². The number of hydrogen-bond acceptors (Lipinski definition) is 9. The SMILES string of the molecule is Cn1cc(-n2cnc3c(NCc4nc5cc(Cl)c(Cl)cc5[nH]4)nc(N4CCOCC4CO)nc32)cn1. The quantitative estimate of drug-likeness (QED) is 0.303. The Morgan fingerprint density at radius 3 is 2.89 bits per heavy atom. The third-order valence-corrected chi connectivity index (χ3v) is 6.77. The molecule has 36 heavy (non-hydrogen) atoms. The summed E-state index contributed by atoms with van der Waals surface area (Å²) in [5.41, 5.74) is 3.53. The predicted octanol–water partition coefficient (Wildman–Crippen LogP) is 2.54. The summed E-state index contributed by atoms with van der Waals surface area (Å²) < 4.78 is 9.12. The Morgan fingerprint density at radius 2 is 2.08 bits per heavy atom. The van der Waals surface area contributed by atoms with Crippen molar-refractivity contribution < 1.29 is 9.84 Å². The minimum atomic E-state index is -0.247. The third-order valence-electron chi connectivity index (χ3n) is 6.05. The molecule has 4 aromatic heterocycles. The van der Waals surface area contributed by atoms with E-state index in [0.29, 0.717) is 65.1 Å². The van der Waals surface area contributed by atoms with Crippen molar-refractivity contribution in [2.24, 2.45) is 7.05 Å². The van der Waals surface area contributed by atoms with Crippen LogP contribution in [0, 0.1) is 0 Å². The molecule has 0 bridgehead atoms. The van der Waals surface area contributed by atoms with Crippen LogP contribution in [0.15, 0.2) is 30.9 Å². The van der Waals surface area contributed by atoms with E-state index in [4.69, 9.17) is 37.9 Å². The number of aliphatic hydroxyl groups excluding tert-OH is 1. The molecule has 5 aromatic rings. The maximum Gasteiger partial charge on any atom is 0.229 e. The van der Waals surface area contributed by atoms with Gasteiger partial charge in [0.2, 0.25) is 5.95 Å². The average Bonchev–Trinajstić information content (AvgIpc) is 3.60. The Kier molecular flexibility index (Phi) is 5.88. The summed E-state index contributed by atoms with van der Waals surface area (Å²) in [4.78, 5) is 24.0. The minimum Gasteiger partial charge on any atom is -0.394 e. The zero-order chi connectivity index (χ0) is 24.8. The number of benzene rings is 1. The second kappa shape index (κ2) is 9.21. The van der Waals surface area contributed by atoms with E-state index in [1.807, 2.05) is 22.7 Å². The number of nitrogens with zero attached hydrogens (tertiary/aromatic N) is 8. The van der Waals surface area contributed by atoms with Crippen molar-refractivity contribution in [2.75, 3.05) is 36.6 Å². The second-order valence-electron chi connectivity index (χ2n) is 8.46. The second-order valence-corrected chi connectivity index (χ2v) is 9.27. The molecular weight excluding hydrogens is 507 g/mol. The van der Waals surface area contributed by atoms with Gasteiger partial charge in [0.05, 0.1) is 65.4 Å². The molecule has 12 nitrogen and oxygen atoms in total. The standard InChI is InChI=1S/C22H22Cl2N10O2/c1-32-8-12(6-27-32)34-11-26-19-20(25-7-18-28-16-4-14(23)15(24)5-17(16)29-18)30-22(31-21(19)34)33-2-3-36-10-13(33)9-35/h4-6,8,11,13,35H,2-3,7,9-10H2,1H3,(H,28,29)(H,25,30,31). The fourth-order valence-electron chi connectivity index (χ4n) is 4.24. The van der Waals surface area contributed by atoms with E-state index >= 15 is 0 Å². The van der Waals surface area contributed by atoms with Gasteiger partial charge >= 0.3 is 0 Å². The Hall–Kier alpha value is -3.45. The van der Waals surface area contributed by atoms with Crippen LogP contribution in [0.1, 0.15) is 5.82 Å². The molecule has 186 valence electrons. The molecule has 14 heteroatoms. The number of imidazole rings is 2. The van der Waals surface area contributed by atoms with E-state index in [0.717, 1.165) is 16.7 Å². The first-order valence-corrected chi connectivity index (χ1v) is 12.0. The van der Waals surface area contributed by atoms with E-state index in [1.165, 1.54) is 0 Å². The van der Waals surface area contributed by atoms with Crippen molar-refractivity contribution in [3.63, 3.8) is 0 Å². The van der Waals surface area contributed by atoms with E-state index in [9.17, 15) is 5.11 Å². The lowest BCUT2D eigenvalue weighted by atomic mass is 10.2. The normalized spacial score (nSPS) is 16.3. The van der Waals surface area contributed by atoms with E-state index < -0.39 is 0 Å². The van der Waals surface area contributed by atoms with Crippen LogP contribution in [0.5, 0.6) is 0 Å². The van der Waals surface area contributed by atoms with Crippen molar-refractivity contribution in [3.05, 3.63) is 46.7 Å². The van der Waals surface area contributed by atoms with Gasteiger partial charge in [0.25, 0.3) is 0 Å². The Bertz CT molecular complexity index is 1520. The molecule has 0 saturated carbocycles. The first-order chi connectivity index (χ1) is 17.5. The maximum absolute atomic E-state index is 9.91. The number of aromatic amines is 1. The van der Waals surface area contributed by atoms with Crippen molar-refractivity contribution in [1.29, 1.82) is 0 Å². The first kappa shape index (κ1) is 23.0. The number of anilines is 2. The zero-order valence-corrected chi connectivity index (χ0v) is 20.7. The van der Waals surface area contributed by atoms with Gasteiger partial charge in [-0.2, -0.15) is 15.1 Å². The molecular formula is C22H22Cl2N10O2. The van der Waals surface area contributed by atoms with Crippen LogP contribution in [0.2, 0.25) is 10.0 Å². The highest BCUT2D eigenvalue weighted by molar-refractivity contribution is 6.42. The lowest BCUT2D eigenvalue weighted by molar-refractivity contribution is 0.0718. The first-order valence-electron chi connectivity index (χ1n) is 11.3. The van der Waals surface area contributed by atoms with Crippen LogP contribution < -0.4 is 10.2 Å². The summed E-state index contributed by atoms with van der Waals surface area (Å²) in [5.74, 6) is 1.70. The van der Waals surface area contributed by atoms with Crippen LogP contribution in [0.4, 0.5) is 11.8 Å². The highest BCUT2D eigenvalue weighted by Crippen LogP contribution is 2.28. The number of hydrogen-bond donors (Lipinski definition) is 3. The van der Waals surface area contributed by atoms with Gasteiger partial charge in [0.1, 0.15) is 12.2 Å². The molecule has 1 aliphatic rings. The van der Waals surface area contributed by atoms with Crippen LogP contribution in [0.25, 0.3) is 27.9 Å².